The minimum Gasteiger partial charge on any atom is -0.337 e. The summed E-state index contributed by atoms with van der Waals surface area (Å²) in [5.74, 6) is 0.260. The number of nitriles is 1. The van der Waals surface area contributed by atoms with Gasteiger partial charge in [-0.2, -0.15) is 5.26 Å². The summed E-state index contributed by atoms with van der Waals surface area (Å²) in [7, 11) is 0. The number of nitrogens with zero attached hydrogens (tertiary/aromatic N) is 1. The third-order valence-corrected chi connectivity index (χ3v) is 4.51. The standard InChI is InChI=1S/C14H17BrN2OS/c1-10(2)14(3,9-16)17-13(18)8-19-12-6-4-11(15)5-7-12/h4-7,10H,8H2,1-3H3,(H,17,18). The van der Waals surface area contributed by atoms with Gasteiger partial charge in [0.15, 0.2) is 0 Å². The Kier molecular flexibility index (Phi) is 5.89. The molecule has 1 N–H and O–H groups in total. The number of amides is 1. The lowest BCUT2D eigenvalue weighted by atomic mass is 9.90. The van der Waals surface area contributed by atoms with Crippen LogP contribution < -0.4 is 5.32 Å². The van der Waals surface area contributed by atoms with Gasteiger partial charge in [-0.25, -0.2) is 0 Å². The Balaban J connectivity index is 2.53. The van der Waals surface area contributed by atoms with Crippen LogP contribution in [0.15, 0.2) is 33.6 Å². The monoisotopic (exact) mass is 340 g/mol. The minimum absolute atomic E-state index is 0.0686. The SMILES string of the molecule is CC(C)C(C)(C#N)NC(=O)CSc1ccc(Br)cc1. The van der Waals surface area contributed by atoms with E-state index in [0.29, 0.717) is 5.75 Å². The van der Waals surface area contributed by atoms with Gasteiger partial charge in [0.2, 0.25) is 5.91 Å². The molecular weight excluding hydrogens is 324 g/mol. The number of benzene rings is 1. The fourth-order valence-electron chi connectivity index (χ4n) is 1.31. The Morgan fingerprint density at radius 2 is 2.05 bits per heavy atom. The van der Waals surface area contributed by atoms with Crippen molar-refractivity contribution in [1.82, 2.24) is 5.32 Å². The van der Waals surface area contributed by atoms with E-state index >= 15 is 0 Å². The second-order valence-corrected chi connectivity index (χ2v) is 6.72. The van der Waals surface area contributed by atoms with Crippen molar-refractivity contribution in [3.05, 3.63) is 28.7 Å². The number of carbonyl (C=O) groups excluding carboxylic acids is 1. The topological polar surface area (TPSA) is 52.9 Å². The Bertz CT molecular complexity index is 481. The van der Waals surface area contributed by atoms with Crippen LogP contribution in [0.3, 0.4) is 0 Å². The summed E-state index contributed by atoms with van der Waals surface area (Å²) < 4.78 is 1.01. The molecule has 1 unspecified atom stereocenters. The predicted octanol–water partition coefficient (Wildman–Crippen LogP) is 3.60. The van der Waals surface area contributed by atoms with Crippen LogP contribution in [-0.2, 0) is 4.79 Å². The lowest BCUT2D eigenvalue weighted by Gasteiger charge is -2.27. The van der Waals surface area contributed by atoms with Gasteiger partial charge in [-0.3, -0.25) is 4.79 Å². The molecule has 1 aromatic carbocycles. The predicted molar refractivity (Wildman–Crippen MR) is 81.9 cm³/mol. The highest BCUT2D eigenvalue weighted by Gasteiger charge is 2.29. The molecule has 0 aromatic heterocycles. The van der Waals surface area contributed by atoms with E-state index in [1.165, 1.54) is 11.8 Å². The molecule has 0 aliphatic carbocycles. The fourth-order valence-corrected chi connectivity index (χ4v) is 2.27. The van der Waals surface area contributed by atoms with Crippen molar-refractivity contribution in [2.45, 2.75) is 31.2 Å². The van der Waals surface area contributed by atoms with Crippen LogP contribution in [0.4, 0.5) is 0 Å². The zero-order chi connectivity index (χ0) is 14.5. The average Bonchev–Trinajstić information content (AvgIpc) is 2.37. The summed E-state index contributed by atoms with van der Waals surface area (Å²) in [6, 6.07) is 9.95. The first-order valence-electron chi connectivity index (χ1n) is 5.98. The van der Waals surface area contributed by atoms with E-state index in [2.05, 4.69) is 27.3 Å². The highest BCUT2D eigenvalue weighted by molar-refractivity contribution is 9.10. The molecule has 0 saturated heterocycles. The number of nitrogens with one attached hydrogen (secondary N) is 1. The van der Waals surface area contributed by atoms with E-state index in [4.69, 9.17) is 5.26 Å². The Hall–Kier alpha value is -0.990. The average molecular weight is 341 g/mol. The van der Waals surface area contributed by atoms with E-state index in [1.54, 1.807) is 6.92 Å². The lowest BCUT2D eigenvalue weighted by molar-refractivity contribution is -0.120. The Morgan fingerprint density at radius 3 is 2.53 bits per heavy atom. The molecule has 1 amide bonds. The van der Waals surface area contributed by atoms with Crippen molar-refractivity contribution in [2.24, 2.45) is 5.92 Å². The number of thioether (sulfide) groups is 1. The number of carbonyl (C=O) groups is 1. The molecule has 0 radical (unpaired) electrons. The fraction of sp³-hybridized carbons (Fsp3) is 0.429. The summed E-state index contributed by atoms with van der Waals surface area (Å²) in [6.45, 7) is 5.59. The molecule has 1 aromatic rings. The molecule has 0 saturated carbocycles. The van der Waals surface area contributed by atoms with Crippen LogP contribution in [0.2, 0.25) is 0 Å². The third kappa shape index (κ3) is 4.88. The van der Waals surface area contributed by atoms with Crippen molar-refractivity contribution < 1.29 is 4.79 Å². The van der Waals surface area contributed by atoms with Gasteiger partial charge in [-0.05, 0) is 37.1 Å². The van der Waals surface area contributed by atoms with Crippen LogP contribution in [-0.4, -0.2) is 17.2 Å². The van der Waals surface area contributed by atoms with Gasteiger partial charge in [-0.1, -0.05) is 29.8 Å². The summed E-state index contributed by atoms with van der Waals surface area (Å²) in [5.41, 5.74) is -0.808. The molecule has 0 aliphatic rings. The number of halogens is 1. The molecule has 1 atom stereocenters. The van der Waals surface area contributed by atoms with Crippen LogP contribution >= 0.6 is 27.7 Å². The number of hydrogen-bond acceptors (Lipinski definition) is 3. The van der Waals surface area contributed by atoms with Gasteiger partial charge in [0.05, 0.1) is 11.8 Å². The highest BCUT2D eigenvalue weighted by Crippen LogP contribution is 2.21. The normalized spacial score (nSPS) is 13.7. The van der Waals surface area contributed by atoms with Gasteiger partial charge >= 0.3 is 0 Å². The first-order chi connectivity index (χ1) is 8.87. The van der Waals surface area contributed by atoms with Gasteiger partial charge in [0, 0.05) is 9.37 Å². The van der Waals surface area contributed by atoms with Crippen molar-refractivity contribution in [3.8, 4) is 6.07 Å². The minimum atomic E-state index is -0.808. The molecule has 3 nitrogen and oxygen atoms in total. The highest BCUT2D eigenvalue weighted by atomic mass is 79.9. The molecule has 5 heteroatoms. The molecule has 19 heavy (non-hydrogen) atoms. The van der Waals surface area contributed by atoms with Gasteiger partial charge in [-0.15, -0.1) is 11.8 Å². The smallest absolute Gasteiger partial charge is 0.231 e. The van der Waals surface area contributed by atoms with Crippen LogP contribution in [0.1, 0.15) is 20.8 Å². The molecule has 102 valence electrons. The first kappa shape index (κ1) is 16.1. The molecule has 0 heterocycles. The summed E-state index contributed by atoms with van der Waals surface area (Å²) >= 11 is 4.82. The second kappa shape index (κ2) is 6.97. The lowest BCUT2D eigenvalue weighted by Crippen LogP contribution is -2.49. The molecule has 0 bridgehead atoms. The summed E-state index contributed by atoms with van der Waals surface area (Å²) in [6.07, 6.45) is 0. The van der Waals surface area contributed by atoms with E-state index in [9.17, 15) is 4.79 Å². The number of rotatable bonds is 5. The van der Waals surface area contributed by atoms with E-state index < -0.39 is 5.54 Å². The van der Waals surface area contributed by atoms with Gasteiger partial charge in [0.25, 0.3) is 0 Å². The van der Waals surface area contributed by atoms with Gasteiger partial charge in [0.1, 0.15) is 5.54 Å². The third-order valence-electron chi connectivity index (χ3n) is 2.97. The Morgan fingerprint density at radius 1 is 1.47 bits per heavy atom. The molecule has 0 aliphatic heterocycles. The molecule has 0 fully saturated rings. The maximum atomic E-state index is 11.9. The van der Waals surface area contributed by atoms with E-state index in [1.807, 2.05) is 38.1 Å². The van der Waals surface area contributed by atoms with Crippen molar-refractivity contribution in [2.75, 3.05) is 5.75 Å². The second-order valence-electron chi connectivity index (χ2n) is 4.76. The van der Waals surface area contributed by atoms with E-state index in [0.717, 1.165) is 9.37 Å². The zero-order valence-corrected chi connectivity index (χ0v) is 13.6. The van der Waals surface area contributed by atoms with Crippen LogP contribution in [0.25, 0.3) is 0 Å². The van der Waals surface area contributed by atoms with E-state index in [-0.39, 0.29) is 11.8 Å². The maximum absolute atomic E-state index is 11.9. The van der Waals surface area contributed by atoms with Crippen LogP contribution in [0, 0.1) is 17.2 Å². The Labute approximate surface area is 126 Å². The van der Waals surface area contributed by atoms with Crippen molar-refractivity contribution >= 4 is 33.6 Å². The van der Waals surface area contributed by atoms with Crippen LogP contribution in [0.5, 0.6) is 0 Å². The molecule has 0 spiro atoms. The van der Waals surface area contributed by atoms with Gasteiger partial charge < -0.3 is 5.32 Å². The molecule has 1 rings (SSSR count). The van der Waals surface area contributed by atoms with Crippen molar-refractivity contribution in [1.29, 1.82) is 5.26 Å². The maximum Gasteiger partial charge on any atom is 0.231 e. The first-order valence-corrected chi connectivity index (χ1v) is 7.76. The largest absolute Gasteiger partial charge is 0.337 e. The summed E-state index contributed by atoms with van der Waals surface area (Å²) in [4.78, 5) is 12.9. The molecular formula is C14H17BrN2OS. The summed E-state index contributed by atoms with van der Waals surface area (Å²) in [5, 5.41) is 11.9. The number of hydrogen-bond donors (Lipinski definition) is 1. The quantitative estimate of drug-likeness (QED) is 0.833. The van der Waals surface area contributed by atoms with Crippen molar-refractivity contribution in [3.63, 3.8) is 0 Å². The zero-order valence-electron chi connectivity index (χ0n) is 11.2.